The third kappa shape index (κ3) is 2.89. The Hall–Kier alpha value is -0.960. The van der Waals surface area contributed by atoms with Gasteiger partial charge in [-0.15, -0.1) is 0 Å². The Labute approximate surface area is 107 Å². The number of hydrogen-bond donors (Lipinski definition) is 1. The average Bonchev–Trinajstić information content (AvgIpc) is 2.28. The first kappa shape index (κ1) is 13.5. The van der Waals surface area contributed by atoms with E-state index in [1.165, 1.54) is 12.1 Å². The van der Waals surface area contributed by atoms with Crippen LogP contribution < -0.4 is 5.73 Å². The summed E-state index contributed by atoms with van der Waals surface area (Å²) in [6, 6.07) is 3.76. The molecule has 1 aromatic carbocycles. The van der Waals surface area contributed by atoms with Crippen LogP contribution in [0.5, 0.6) is 0 Å². The van der Waals surface area contributed by atoms with Crippen molar-refractivity contribution in [3.63, 3.8) is 0 Å². The summed E-state index contributed by atoms with van der Waals surface area (Å²) in [4.78, 5) is 0. The molecule has 0 heterocycles. The van der Waals surface area contributed by atoms with Crippen molar-refractivity contribution < 1.29 is 8.78 Å². The molecule has 3 heteroatoms. The highest BCUT2D eigenvalue weighted by Crippen LogP contribution is 2.36. The van der Waals surface area contributed by atoms with Gasteiger partial charge < -0.3 is 5.73 Å². The highest BCUT2D eigenvalue weighted by atomic mass is 19.1. The highest BCUT2D eigenvalue weighted by Gasteiger charge is 2.35. The van der Waals surface area contributed by atoms with Gasteiger partial charge in [0.15, 0.2) is 0 Å². The molecule has 100 valence electrons. The fourth-order valence-corrected chi connectivity index (χ4v) is 2.95. The van der Waals surface area contributed by atoms with Crippen LogP contribution in [-0.4, -0.2) is 5.54 Å². The zero-order valence-corrected chi connectivity index (χ0v) is 11.0. The van der Waals surface area contributed by atoms with Crippen LogP contribution in [0.15, 0.2) is 18.2 Å². The highest BCUT2D eigenvalue weighted by molar-refractivity contribution is 5.21. The summed E-state index contributed by atoms with van der Waals surface area (Å²) < 4.78 is 26.5. The zero-order chi connectivity index (χ0) is 13.3. The first-order valence-corrected chi connectivity index (χ1v) is 6.62. The second-order valence-electron chi connectivity index (χ2n) is 5.97. The Morgan fingerprint density at radius 1 is 1.28 bits per heavy atom. The van der Waals surface area contributed by atoms with Crippen LogP contribution in [0.3, 0.4) is 0 Å². The van der Waals surface area contributed by atoms with E-state index >= 15 is 0 Å². The second kappa shape index (κ2) is 4.96. The van der Waals surface area contributed by atoms with Crippen LogP contribution >= 0.6 is 0 Å². The molecule has 0 aromatic heterocycles. The van der Waals surface area contributed by atoms with Crippen LogP contribution in [0, 0.1) is 23.5 Å². The minimum atomic E-state index is -0.534. The number of benzene rings is 1. The van der Waals surface area contributed by atoms with E-state index in [1.54, 1.807) is 0 Å². The van der Waals surface area contributed by atoms with E-state index in [0.29, 0.717) is 23.8 Å². The summed E-state index contributed by atoms with van der Waals surface area (Å²) in [7, 11) is 0. The zero-order valence-electron chi connectivity index (χ0n) is 11.0. The van der Waals surface area contributed by atoms with E-state index in [9.17, 15) is 8.78 Å². The molecular weight excluding hydrogens is 232 g/mol. The van der Waals surface area contributed by atoms with Crippen LogP contribution in [0.4, 0.5) is 8.78 Å². The van der Waals surface area contributed by atoms with Crippen LogP contribution in [-0.2, 0) is 6.42 Å². The molecule has 3 unspecified atom stereocenters. The van der Waals surface area contributed by atoms with Crippen molar-refractivity contribution in [3.8, 4) is 0 Å². The molecule has 1 saturated carbocycles. The monoisotopic (exact) mass is 253 g/mol. The molecule has 0 aliphatic heterocycles. The van der Waals surface area contributed by atoms with Gasteiger partial charge in [-0.05, 0) is 49.1 Å². The normalized spacial score (nSPS) is 32.5. The molecular formula is C15H21F2N. The molecule has 1 aliphatic rings. The van der Waals surface area contributed by atoms with Gasteiger partial charge in [0.2, 0.25) is 0 Å². The van der Waals surface area contributed by atoms with E-state index in [-0.39, 0.29) is 5.54 Å². The van der Waals surface area contributed by atoms with Crippen molar-refractivity contribution in [2.75, 3.05) is 0 Å². The van der Waals surface area contributed by atoms with Crippen molar-refractivity contribution in [2.24, 2.45) is 17.6 Å². The molecule has 2 rings (SSSR count). The van der Waals surface area contributed by atoms with Gasteiger partial charge in [0.25, 0.3) is 0 Å². The summed E-state index contributed by atoms with van der Waals surface area (Å²) in [5.41, 5.74) is 6.58. The summed E-state index contributed by atoms with van der Waals surface area (Å²) in [6.07, 6.45) is 3.40. The fourth-order valence-electron chi connectivity index (χ4n) is 2.95. The average molecular weight is 253 g/mol. The summed E-state index contributed by atoms with van der Waals surface area (Å²) in [6.45, 7) is 4.44. The molecule has 0 radical (unpaired) electrons. The second-order valence-corrected chi connectivity index (χ2v) is 5.97. The Morgan fingerprint density at radius 3 is 2.61 bits per heavy atom. The first-order valence-electron chi connectivity index (χ1n) is 6.62. The largest absolute Gasteiger partial charge is 0.325 e. The van der Waals surface area contributed by atoms with Gasteiger partial charge in [0.1, 0.15) is 11.6 Å². The quantitative estimate of drug-likeness (QED) is 0.855. The summed E-state index contributed by atoms with van der Waals surface area (Å²) in [5.74, 6) is 0.228. The topological polar surface area (TPSA) is 26.0 Å². The third-order valence-corrected chi connectivity index (χ3v) is 4.36. The van der Waals surface area contributed by atoms with Gasteiger partial charge in [-0.3, -0.25) is 0 Å². The number of rotatable bonds is 2. The SMILES string of the molecule is CC1CCC(N)(Cc2ccc(F)cc2F)CC1C. The number of hydrogen-bond acceptors (Lipinski definition) is 1. The molecule has 1 aromatic rings. The molecule has 0 bridgehead atoms. The molecule has 0 spiro atoms. The Morgan fingerprint density at radius 2 is 2.00 bits per heavy atom. The third-order valence-electron chi connectivity index (χ3n) is 4.36. The van der Waals surface area contributed by atoms with Crippen molar-refractivity contribution in [2.45, 2.75) is 45.1 Å². The molecule has 0 saturated heterocycles. The van der Waals surface area contributed by atoms with Crippen LogP contribution in [0.25, 0.3) is 0 Å². The lowest BCUT2D eigenvalue weighted by Crippen LogP contribution is -2.47. The molecule has 2 N–H and O–H groups in total. The standard InChI is InChI=1S/C15H21F2N/c1-10-5-6-15(18,8-11(10)2)9-12-3-4-13(16)7-14(12)17/h3-4,7,10-11H,5-6,8-9,18H2,1-2H3. The lowest BCUT2D eigenvalue weighted by atomic mass is 9.69. The molecule has 1 aliphatic carbocycles. The van der Waals surface area contributed by atoms with E-state index in [1.807, 2.05) is 0 Å². The van der Waals surface area contributed by atoms with Crippen LogP contribution in [0.1, 0.15) is 38.7 Å². The van der Waals surface area contributed by atoms with Gasteiger partial charge in [-0.2, -0.15) is 0 Å². The predicted molar refractivity (Wildman–Crippen MR) is 69.2 cm³/mol. The summed E-state index contributed by atoms with van der Waals surface area (Å²) in [5, 5.41) is 0. The van der Waals surface area contributed by atoms with Crippen LogP contribution in [0.2, 0.25) is 0 Å². The van der Waals surface area contributed by atoms with Gasteiger partial charge in [0, 0.05) is 11.6 Å². The van der Waals surface area contributed by atoms with Crippen molar-refractivity contribution in [1.29, 1.82) is 0 Å². The molecule has 1 nitrogen and oxygen atoms in total. The van der Waals surface area contributed by atoms with Gasteiger partial charge >= 0.3 is 0 Å². The first-order chi connectivity index (χ1) is 8.39. The van der Waals surface area contributed by atoms with Gasteiger partial charge in [-0.25, -0.2) is 8.78 Å². The Balaban J connectivity index is 2.13. The Bertz CT molecular complexity index is 433. The fraction of sp³-hybridized carbons (Fsp3) is 0.600. The smallest absolute Gasteiger partial charge is 0.129 e. The molecule has 3 atom stereocenters. The number of halogens is 2. The minimum absolute atomic E-state index is 0.343. The van der Waals surface area contributed by atoms with E-state index in [0.717, 1.165) is 25.3 Å². The van der Waals surface area contributed by atoms with Crippen molar-refractivity contribution in [1.82, 2.24) is 0 Å². The lowest BCUT2D eigenvalue weighted by molar-refractivity contribution is 0.175. The van der Waals surface area contributed by atoms with Gasteiger partial charge in [0.05, 0.1) is 0 Å². The molecule has 18 heavy (non-hydrogen) atoms. The summed E-state index contributed by atoms with van der Waals surface area (Å²) >= 11 is 0. The van der Waals surface area contributed by atoms with E-state index < -0.39 is 11.6 Å². The maximum absolute atomic E-state index is 13.7. The minimum Gasteiger partial charge on any atom is -0.325 e. The number of nitrogens with two attached hydrogens (primary N) is 1. The maximum atomic E-state index is 13.7. The predicted octanol–water partition coefficient (Wildman–Crippen LogP) is 3.66. The Kier molecular flexibility index (Phi) is 3.71. The molecule has 0 amide bonds. The van der Waals surface area contributed by atoms with Crippen molar-refractivity contribution in [3.05, 3.63) is 35.4 Å². The molecule has 1 fully saturated rings. The van der Waals surface area contributed by atoms with E-state index in [4.69, 9.17) is 5.73 Å². The van der Waals surface area contributed by atoms with Crippen molar-refractivity contribution >= 4 is 0 Å². The van der Waals surface area contributed by atoms with Gasteiger partial charge in [-0.1, -0.05) is 19.9 Å². The van der Waals surface area contributed by atoms with E-state index in [2.05, 4.69) is 13.8 Å². The maximum Gasteiger partial charge on any atom is 0.129 e. The lowest BCUT2D eigenvalue weighted by Gasteiger charge is -2.40.